The summed E-state index contributed by atoms with van der Waals surface area (Å²) in [6.45, 7) is 0. The number of carbonyl (C=O) groups excluding carboxylic acids is 1. The Morgan fingerprint density at radius 2 is 1.86 bits per heavy atom. The number of fused-ring (bicyclic) bond motifs is 1. The molecule has 22 heavy (non-hydrogen) atoms. The van der Waals surface area contributed by atoms with Crippen molar-refractivity contribution in [3.63, 3.8) is 0 Å². The Balaban J connectivity index is 1.65. The fourth-order valence-electron chi connectivity index (χ4n) is 2.35. The number of anilines is 2. The Kier molecular flexibility index (Phi) is 4.01. The Morgan fingerprint density at radius 3 is 2.68 bits per heavy atom. The minimum Gasteiger partial charge on any atom is -0.384 e. The molecule has 0 radical (unpaired) electrons. The molecule has 3 N–H and O–H groups in total. The summed E-state index contributed by atoms with van der Waals surface area (Å²) < 4.78 is 0. The standard InChI is InChI=1S/C18H17N3O/c19-17-10-7-14-12-15(8-9-16(14)21-17)20-18(22)11-6-13-4-2-1-3-5-13/h1-5,7-10,12H,6,11H2,(H2,19,21)(H,20,22). The van der Waals surface area contributed by atoms with E-state index in [2.05, 4.69) is 10.3 Å². The molecule has 0 saturated heterocycles. The van der Waals surface area contributed by atoms with Gasteiger partial charge in [0.15, 0.2) is 0 Å². The second kappa shape index (κ2) is 6.26. The number of rotatable bonds is 4. The lowest BCUT2D eigenvalue weighted by Crippen LogP contribution is -2.12. The van der Waals surface area contributed by atoms with Gasteiger partial charge in [-0.2, -0.15) is 0 Å². The summed E-state index contributed by atoms with van der Waals surface area (Å²) in [4.78, 5) is 16.3. The maximum atomic E-state index is 12.0. The molecule has 3 rings (SSSR count). The zero-order chi connectivity index (χ0) is 15.4. The van der Waals surface area contributed by atoms with Gasteiger partial charge in [-0.15, -0.1) is 0 Å². The zero-order valence-corrected chi connectivity index (χ0v) is 12.1. The topological polar surface area (TPSA) is 68.0 Å². The van der Waals surface area contributed by atoms with Crippen LogP contribution in [0.15, 0.2) is 60.7 Å². The molecular formula is C18H17N3O. The van der Waals surface area contributed by atoms with E-state index in [-0.39, 0.29) is 5.91 Å². The van der Waals surface area contributed by atoms with Gasteiger partial charge in [-0.05, 0) is 42.3 Å². The van der Waals surface area contributed by atoms with E-state index in [0.29, 0.717) is 12.2 Å². The summed E-state index contributed by atoms with van der Waals surface area (Å²) in [7, 11) is 0. The molecular weight excluding hydrogens is 274 g/mol. The highest BCUT2D eigenvalue weighted by Crippen LogP contribution is 2.19. The molecule has 1 aromatic heterocycles. The summed E-state index contributed by atoms with van der Waals surface area (Å²) in [5.74, 6) is 0.499. The van der Waals surface area contributed by atoms with Crippen molar-refractivity contribution in [3.05, 3.63) is 66.2 Å². The predicted molar refractivity (Wildman–Crippen MR) is 89.5 cm³/mol. The highest BCUT2D eigenvalue weighted by atomic mass is 16.1. The van der Waals surface area contributed by atoms with E-state index in [4.69, 9.17) is 5.73 Å². The number of hydrogen-bond donors (Lipinski definition) is 2. The Bertz CT molecular complexity index is 800. The van der Waals surface area contributed by atoms with Gasteiger partial charge in [-0.25, -0.2) is 4.98 Å². The van der Waals surface area contributed by atoms with Gasteiger partial charge >= 0.3 is 0 Å². The van der Waals surface area contributed by atoms with Gasteiger partial charge in [0.1, 0.15) is 5.82 Å². The molecule has 0 aliphatic carbocycles. The number of pyridine rings is 1. The number of carbonyl (C=O) groups is 1. The number of benzene rings is 2. The quantitative estimate of drug-likeness (QED) is 0.774. The van der Waals surface area contributed by atoms with E-state index in [1.165, 1.54) is 0 Å². The molecule has 0 fully saturated rings. The van der Waals surface area contributed by atoms with Crippen LogP contribution in [-0.4, -0.2) is 10.9 Å². The first-order valence-electron chi connectivity index (χ1n) is 7.21. The Hall–Kier alpha value is -2.88. The summed E-state index contributed by atoms with van der Waals surface area (Å²) in [6.07, 6.45) is 1.19. The van der Waals surface area contributed by atoms with Crippen LogP contribution in [0, 0.1) is 0 Å². The van der Waals surface area contributed by atoms with Crippen LogP contribution in [0.5, 0.6) is 0 Å². The molecule has 0 saturated carbocycles. The summed E-state index contributed by atoms with van der Waals surface area (Å²) in [5, 5.41) is 3.87. The summed E-state index contributed by atoms with van der Waals surface area (Å²) in [6, 6.07) is 19.2. The van der Waals surface area contributed by atoms with Crippen LogP contribution in [-0.2, 0) is 11.2 Å². The van der Waals surface area contributed by atoms with E-state index in [0.717, 1.165) is 28.6 Å². The fourth-order valence-corrected chi connectivity index (χ4v) is 2.35. The second-order valence-electron chi connectivity index (χ2n) is 5.18. The van der Waals surface area contributed by atoms with Crippen molar-refractivity contribution in [2.75, 3.05) is 11.1 Å². The number of aryl methyl sites for hydroxylation is 1. The molecule has 0 aliphatic rings. The highest BCUT2D eigenvalue weighted by Gasteiger charge is 2.04. The van der Waals surface area contributed by atoms with Gasteiger partial charge in [0.05, 0.1) is 5.52 Å². The summed E-state index contributed by atoms with van der Waals surface area (Å²) >= 11 is 0. The number of aromatic nitrogens is 1. The van der Waals surface area contributed by atoms with Crippen LogP contribution in [0.1, 0.15) is 12.0 Å². The predicted octanol–water partition coefficient (Wildman–Crippen LogP) is 3.39. The van der Waals surface area contributed by atoms with Gasteiger partial charge in [0, 0.05) is 17.5 Å². The monoisotopic (exact) mass is 291 g/mol. The smallest absolute Gasteiger partial charge is 0.224 e. The maximum Gasteiger partial charge on any atom is 0.224 e. The molecule has 4 nitrogen and oxygen atoms in total. The SMILES string of the molecule is Nc1ccc2cc(NC(=O)CCc3ccccc3)ccc2n1. The number of amides is 1. The fraction of sp³-hybridized carbons (Fsp3) is 0.111. The molecule has 1 heterocycles. The zero-order valence-electron chi connectivity index (χ0n) is 12.1. The van der Waals surface area contributed by atoms with E-state index >= 15 is 0 Å². The van der Waals surface area contributed by atoms with E-state index in [1.54, 1.807) is 6.07 Å². The van der Waals surface area contributed by atoms with E-state index in [9.17, 15) is 4.79 Å². The molecule has 2 aromatic carbocycles. The van der Waals surface area contributed by atoms with Crippen LogP contribution >= 0.6 is 0 Å². The molecule has 0 unspecified atom stereocenters. The van der Waals surface area contributed by atoms with E-state index in [1.807, 2.05) is 54.6 Å². The molecule has 110 valence electrons. The Morgan fingerprint density at radius 1 is 1.05 bits per heavy atom. The molecule has 0 spiro atoms. The number of nitrogens with one attached hydrogen (secondary N) is 1. The van der Waals surface area contributed by atoms with Crippen LogP contribution in [0.3, 0.4) is 0 Å². The molecule has 0 aliphatic heterocycles. The third-order valence-electron chi connectivity index (χ3n) is 3.48. The van der Waals surface area contributed by atoms with Crippen LogP contribution < -0.4 is 11.1 Å². The van der Waals surface area contributed by atoms with Crippen LogP contribution in [0.2, 0.25) is 0 Å². The van der Waals surface area contributed by atoms with Crippen molar-refractivity contribution in [3.8, 4) is 0 Å². The van der Waals surface area contributed by atoms with Crippen molar-refractivity contribution in [1.29, 1.82) is 0 Å². The first kappa shape index (κ1) is 14.1. The maximum absolute atomic E-state index is 12.0. The van der Waals surface area contributed by atoms with Gasteiger partial charge < -0.3 is 11.1 Å². The minimum atomic E-state index is 0.00612. The average molecular weight is 291 g/mol. The lowest BCUT2D eigenvalue weighted by molar-refractivity contribution is -0.116. The number of nitrogen functional groups attached to an aromatic ring is 1. The largest absolute Gasteiger partial charge is 0.384 e. The number of nitrogens with zero attached hydrogens (tertiary/aromatic N) is 1. The molecule has 0 atom stereocenters. The van der Waals surface area contributed by atoms with Crippen molar-refractivity contribution in [2.24, 2.45) is 0 Å². The van der Waals surface area contributed by atoms with Gasteiger partial charge in [-0.1, -0.05) is 30.3 Å². The van der Waals surface area contributed by atoms with Crippen molar-refractivity contribution < 1.29 is 4.79 Å². The normalized spacial score (nSPS) is 10.5. The van der Waals surface area contributed by atoms with Gasteiger partial charge in [0.2, 0.25) is 5.91 Å². The Labute approximate surface area is 129 Å². The highest BCUT2D eigenvalue weighted by molar-refractivity contribution is 5.93. The first-order valence-corrected chi connectivity index (χ1v) is 7.21. The number of hydrogen-bond acceptors (Lipinski definition) is 3. The third kappa shape index (κ3) is 3.41. The van der Waals surface area contributed by atoms with Crippen molar-refractivity contribution in [2.45, 2.75) is 12.8 Å². The molecule has 0 bridgehead atoms. The van der Waals surface area contributed by atoms with Crippen molar-refractivity contribution in [1.82, 2.24) is 4.98 Å². The van der Waals surface area contributed by atoms with Crippen LogP contribution in [0.25, 0.3) is 10.9 Å². The molecule has 4 heteroatoms. The average Bonchev–Trinajstić information content (AvgIpc) is 2.54. The van der Waals surface area contributed by atoms with Crippen LogP contribution in [0.4, 0.5) is 11.5 Å². The lowest BCUT2D eigenvalue weighted by Gasteiger charge is -2.07. The molecule has 1 amide bonds. The van der Waals surface area contributed by atoms with E-state index < -0.39 is 0 Å². The second-order valence-corrected chi connectivity index (χ2v) is 5.18. The lowest BCUT2D eigenvalue weighted by atomic mass is 10.1. The first-order chi connectivity index (χ1) is 10.7. The van der Waals surface area contributed by atoms with Gasteiger partial charge in [-0.3, -0.25) is 4.79 Å². The van der Waals surface area contributed by atoms with Gasteiger partial charge in [0.25, 0.3) is 0 Å². The third-order valence-corrected chi connectivity index (χ3v) is 3.48. The number of nitrogens with two attached hydrogens (primary N) is 1. The van der Waals surface area contributed by atoms with Crippen molar-refractivity contribution >= 4 is 28.3 Å². The summed E-state index contributed by atoms with van der Waals surface area (Å²) in [5.41, 5.74) is 8.42. The minimum absolute atomic E-state index is 0.00612. The molecule has 3 aromatic rings.